The van der Waals surface area contributed by atoms with E-state index in [0.717, 1.165) is 55.1 Å². The van der Waals surface area contributed by atoms with Gasteiger partial charge < -0.3 is 15.4 Å². The molecule has 0 unspecified atom stereocenters. The zero-order chi connectivity index (χ0) is 22.8. The van der Waals surface area contributed by atoms with E-state index in [1.54, 1.807) is 18.4 Å². The second-order valence-corrected chi connectivity index (χ2v) is 11.1. The smallest absolute Gasteiger partial charge is 0.320 e. The third kappa shape index (κ3) is 4.86. The zero-order valence-corrected chi connectivity index (χ0v) is 20.9. The molecule has 0 atom stereocenters. The van der Waals surface area contributed by atoms with Crippen LogP contribution in [0, 0.1) is 6.92 Å². The molecule has 2 amide bonds. The van der Waals surface area contributed by atoms with E-state index in [1.165, 1.54) is 49.8 Å². The van der Waals surface area contributed by atoms with Crippen LogP contribution < -0.4 is 20.7 Å². The Morgan fingerprint density at radius 2 is 2.09 bits per heavy atom. The second-order valence-electron chi connectivity index (χ2n) is 8.87. The molecule has 0 saturated carbocycles. The van der Waals surface area contributed by atoms with Gasteiger partial charge in [0.2, 0.25) is 0 Å². The molecule has 1 aliphatic carbocycles. The Bertz CT molecular complexity index is 1130. The molecular formula is C26H31N3O2S2. The molecule has 3 N–H and O–H groups in total. The number of hydrogen-bond donors (Lipinski definition) is 3. The van der Waals surface area contributed by atoms with E-state index < -0.39 is 0 Å². The summed E-state index contributed by atoms with van der Waals surface area (Å²) in [4.78, 5) is 17.0. The van der Waals surface area contributed by atoms with Crippen molar-refractivity contribution < 1.29 is 9.53 Å². The van der Waals surface area contributed by atoms with Crippen molar-refractivity contribution in [1.82, 2.24) is 10.6 Å². The number of anilines is 1. The van der Waals surface area contributed by atoms with Crippen LogP contribution in [0.2, 0.25) is 0 Å². The topological polar surface area (TPSA) is 62.4 Å². The number of aryl methyl sites for hydroxylation is 1. The number of thioether (sulfide) groups is 1. The molecule has 0 radical (unpaired) electrons. The van der Waals surface area contributed by atoms with Crippen molar-refractivity contribution in [3.05, 3.63) is 61.9 Å². The summed E-state index contributed by atoms with van der Waals surface area (Å²) < 4.78 is 5.46. The van der Waals surface area contributed by atoms with Gasteiger partial charge in [0, 0.05) is 27.8 Å². The van der Waals surface area contributed by atoms with E-state index in [9.17, 15) is 4.79 Å². The molecule has 0 saturated heterocycles. The standard InChI is InChI=1S/C26H31N3O2S2/c1-16-21-8-3-4-9-22(21)33-25(16)29-26(30)28-14-19-12-17-10-11-27-15-23(17)32-24(19)18-6-5-7-20(13-18)31-2/h5-7,13,27H,3-4,8-12,14-15H2,1-2H3,(H2,28,29,30). The maximum atomic E-state index is 12.9. The summed E-state index contributed by atoms with van der Waals surface area (Å²) in [5, 5.41) is 10.8. The monoisotopic (exact) mass is 481 g/mol. The maximum absolute atomic E-state index is 12.9. The molecular weight excluding hydrogens is 450 g/mol. The summed E-state index contributed by atoms with van der Waals surface area (Å²) in [5.41, 5.74) is 6.63. The van der Waals surface area contributed by atoms with Gasteiger partial charge in [0.15, 0.2) is 0 Å². The summed E-state index contributed by atoms with van der Waals surface area (Å²) in [5.74, 6) is 0.851. The lowest BCUT2D eigenvalue weighted by Gasteiger charge is -2.29. The van der Waals surface area contributed by atoms with Gasteiger partial charge in [0.05, 0.1) is 12.1 Å². The molecule has 3 aliphatic rings. The SMILES string of the molecule is COc1cccc(C2=C(CNC(=O)Nc3sc4c(c3C)CCCC4)CC3=C(CNCC3)S2)c1. The Balaban J connectivity index is 1.33. The summed E-state index contributed by atoms with van der Waals surface area (Å²) in [6.45, 7) is 4.64. The Hall–Kier alpha value is -2.22. The van der Waals surface area contributed by atoms with Gasteiger partial charge in [-0.3, -0.25) is 5.32 Å². The fourth-order valence-corrected chi connectivity index (χ4v) is 7.45. The quantitative estimate of drug-likeness (QED) is 0.500. The molecule has 0 spiro atoms. The lowest BCUT2D eigenvalue weighted by molar-refractivity contribution is 0.253. The van der Waals surface area contributed by atoms with Crippen molar-refractivity contribution in [2.75, 3.05) is 32.1 Å². The predicted molar refractivity (Wildman–Crippen MR) is 139 cm³/mol. The molecule has 33 heavy (non-hydrogen) atoms. The van der Waals surface area contributed by atoms with Crippen LogP contribution >= 0.6 is 23.1 Å². The number of nitrogens with one attached hydrogen (secondary N) is 3. The van der Waals surface area contributed by atoms with Crippen LogP contribution in [0.5, 0.6) is 5.75 Å². The Morgan fingerprint density at radius 3 is 2.94 bits per heavy atom. The van der Waals surface area contributed by atoms with Crippen molar-refractivity contribution in [2.24, 2.45) is 0 Å². The molecule has 5 rings (SSSR count). The van der Waals surface area contributed by atoms with Crippen LogP contribution in [0.25, 0.3) is 4.91 Å². The molecule has 3 heterocycles. The van der Waals surface area contributed by atoms with Crippen LogP contribution in [0.3, 0.4) is 0 Å². The lowest BCUT2D eigenvalue weighted by Crippen LogP contribution is -2.32. The predicted octanol–water partition coefficient (Wildman–Crippen LogP) is 5.86. The highest BCUT2D eigenvalue weighted by Gasteiger charge is 2.25. The van der Waals surface area contributed by atoms with Crippen molar-refractivity contribution in [3.8, 4) is 5.75 Å². The summed E-state index contributed by atoms with van der Waals surface area (Å²) in [6.07, 6.45) is 6.78. The number of hydrogen-bond acceptors (Lipinski definition) is 5. The normalized spacial score (nSPS) is 18.0. The first-order chi connectivity index (χ1) is 16.1. The number of thiophene rings is 1. The van der Waals surface area contributed by atoms with E-state index in [0.29, 0.717) is 6.54 Å². The van der Waals surface area contributed by atoms with Gasteiger partial charge in [0.1, 0.15) is 5.75 Å². The van der Waals surface area contributed by atoms with E-state index >= 15 is 0 Å². The van der Waals surface area contributed by atoms with Crippen molar-refractivity contribution in [1.29, 1.82) is 0 Å². The summed E-state index contributed by atoms with van der Waals surface area (Å²) in [6, 6.07) is 8.10. The minimum atomic E-state index is -0.121. The lowest BCUT2D eigenvalue weighted by atomic mass is 9.96. The first kappa shape index (κ1) is 22.6. The molecule has 5 nitrogen and oxygen atoms in total. The molecule has 1 aromatic heterocycles. The van der Waals surface area contributed by atoms with E-state index in [4.69, 9.17) is 4.74 Å². The Labute approximate surface area is 204 Å². The average molecular weight is 482 g/mol. The van der Waals surface area contributed by atoms with Crippen LogP contribution in [0.4, 0.5) is 9.80 Å². The van der Waals surface area contributed by atoms with Gasteiger partial charge in [-0.15, -0.1) is 11.3 Å². The molecule has 0 bridgehead atoms. The highest BCUT2D eigenvalue weighted by atomic mass is 32.2. The highest BCUT2D eigenvalue weighted by molar-refractivity contribution is 8.11. The fourth-order valence-electron chi connectivity index (χ4n) is 4.88. The molecule has 1 aromatic carbocycles. The van der Waals surface area contributed by atoms with E-state index in [1.807, 2.05) is 23.9 Å². The van der Waals surface area contributed by atoms with Crippen molar-refractivity contribution >= 4 is 39.0 Å². The Kier molecular flexibility index (Phi) is 6.81. The second kappa shape index (κ2) is 9.95. The minimum absolute atomic E-state index is 0.121. The Morgan fingerprint density at radius 1 is 1.21 bits per heavy atom. The minimum Gasteiger partial charge on any atom is -0.497 e. The van der Waals surface area contributed by atoms with E-state index in [2.05, 4.69) is 35.0 Å². The summed E-state index contributed by atoms with van der Waals surface area (Å²) >= 11 is 3.60. The average Bonchev–Trinajstić information content (AvgIpc) is 3.17. The van der Waals surface area contributed by atoms with Crippen LogP contribution in [-0.2, 0) is 12.8 Å². The molecule has 2 aromatic rings. The van der Waals surface area contributed by atoms with Crippen LogP contribution in [0.15, 0.2) is 40.3 Å². The van der Waals surface area contributed by atoms with E-state index in [-0.39, 0.29) is 6.03 Å². The third-order valence-electron chi connectivity index (χ3n) is 6.71. The van der Waals surface area contributed by atoms with Crippen LogP contribution in [-0.4, -0.2) is 32.8 Å². The number of urea groups is 1. The summed E-state index contributed by atoms with van der Waals surface area (Å²) in [7, 11) is 1.70. The number of carbonyl (C=O) groups excluding carboxylic acids is 1. The molecule has 0 fully saturated rings. The van der Waals surface area contributed by atoms with Crippen molar-refractivity contribution in [3.63, 3.8) is 0 Å². The number of amides is 2. The number of rotatable bonds is 5. The first-order valence-electron chi connectivity index (χ1n) is 11.7. The van der Waals surface area contributed by atoms with Crippen molar-refractivity contribution in [2.45, 2.75) is 45.4 Å². The maximum Gasteiger partial charge on any atom is 0.320 e. The fraction of sp³-hybridized carbons (Fsp3) is 0.423. The van der Waals surface area contributed by atoms with Gasteiger partial charge in [-0.1, -0.05) is 29.5 Å². The molecule has 2 aliphatic heterocycles. The highest BCUT2D eigenvalue weighted by Crippen LogP contribution is 2.46. The first-order valence-corrected chi connectivity index (χ1v) is 13.4. The number of fused-ring (bicyclic) bond motifs is 1. The number of benzene rings is 1. The number of ether oxygens (including phenoxy) is 1. The number of methoxy groups -OCH3 is 1. The van der Waals surface area contributed by atoms with Gasteiger partial charge in [-0.2, -0.15) is 0 Å². The third-order valence-corrected chi connectivity index (χ3v) is 9.43. The van der Waals surface area contributed by atoms with Gasteiger partial charge in [-0.25, -0.2) is 4.79 Å². The molecule has 174 valence electrons. The number of carbonyl (C=O) groups is 1. The molecule has 7 heteroatoms. The largest absolute Gasteiger partial charge is 0.497 e. The van der Waals surface area contributed by atoms with Gasteiger partial charge >= 0.3 is 6.03 Å². The van der Waals surface area contributed by atoms with Gasteiger partial charge in [-0.05, 0) is 86.4 Å². The van der Waals surface area contributed by atoms with Crippen LogP contribution in [0.1, 0.15) is 47.3 Å². The zero-order valence-electron chi connectivity index (χ0n) is 19.3. The van der Waals surface area contributed by atoms with Gasteiger partial charge in [0.25, 0.3) is 0 Å².